The fourth-order valence-electron chi connectivity index (χ4n) is 2.92. The van der Waals surface area contributed by atoms with Crippen LogP contribution < -0.4 is 5.43 Å². The molecule has 1 heterocycles. The lowest BCUT2D eigenvalue weighted by molar-refractivity contribution is 0.515. The van der Waals surface area contributed by atoms with E-state index in [2.05, 4.69) is 0 Å². The van der Waals surface area contributed by atoms with Crippen molar-refractivity contribution in [3.05, 3.63) is 106 Å². The molecular weight excluding hydrogens is 362 g/mol. The van der Waals surface area contributed by atoms with Crippen molar-refractivity contribution in [1.29, 1.82) is 0 Å². The lowest BCUT2D eigenvalue weighted by Crippen LogP contribution is -2.00. The van der Waals surface area contributed by atoms with Crippen molar-refractivity contribution in [1.82, 2.24) is 0 Å². The van der Waals surface area contributed by atoms with Crippen LogP contribution in [-0.4, -0.2) is 5.11 Å². The lowest BCUT2D eigenvalue weighted by Gasteiger charge is -2.12. The van der Waals surface area contributed by atoms with Gasteiger partial charge in [-0.15, -0.1) is 0 Å². The van der Waals surface area contributed by atoms with E-state index < -0.39 is 5.82 Å². The molecule has 0 fully saturated rings. The highest BCUT2D eigenvalue weighted by Gasteiger charge is 2.14. The molecule has 0 aromatic heterocycles. The molecule has 0 atom stereocenters. The van der Waals surface area contributed by atoms with Gasteiger partial charge >= 0.3 is 0 Å². The van der Waals surface area contributed by atoms with Crippen LogP contribution in [0.5, 0.6) is 0 Å². The first kappa shape index (κ1) is 17.7. The van der Waals surface area contributed by atoms with Crippen LogP contribution in [0, 0.1) is 11.6 Å². The first-order valence-electron chi connectivity index (χ1n) is 8.50. The molecule has 0 bridgehead atoms. The molecule has 5 heteroatoms. The Bertz CT molecular complexity index is 1190. The molecule has 1 aliphatic carbocycles. The van der Waals surface area contributed by atoms with E-state index >= 15 is 0 Å². The van der Waals surface area contributed by atoms with Gasteiger partial charge in [0.25, 0.3) is 0 Å². The number of halogens is 2. The first-order valence-corrected chi connectivity index (χ1v) is 8.50. The van der Waals surface area contributed by atoms with Crippen LogP contribution in [0.2, 0.25) is 0 Å². The van der Waals surface area contributed by atoms with E-state index in [0.29, 0.717) is 33.8 Å². The van der Waals surface area contributed by atoms with E-state index in [0.717, 1.165) is 0 Å². The van der Waals surface area contributed by atoms with Crippen LogP contribution in [0.25, 0.3) is 34.5 Å². The average Bonchev–Trinajstić information content (AvgIpc) is 2.68. The maximum Gasteiger partial charge on any atom is 0.182 e. The van der Waals surface area contributed by atoms with Gasteiger partial charge in [0.05, 0.1) is 0 Å². The standard InChI is InChI=1S/C23H14F2O3/c24-17-5-1-14(2-6-17)21(27)11-16-12-22(15-3-7-18(25)8-4-15)28-23-13-19(26)9-10-20(16)23/h1-13,27H. The normalized spacial score (nSPS) is 11.7. The molecule has 0 saturated carbocycles. The Balaban J connectivity index is 1.89. The van der Waals surface area contributed by atoms with Crippen molar-refractivity contribution < 1.29 is 18.3 Å². The van der Waals surface area contributed by atoms with Crippen molar-refractivity contribution in [2.75, 3.05) is 0 Å². The summed E-state index contributed by atoms with van der Waals surface area (Å²) in [6.45, 7) is 0. The van der Waals surface area contributed by atoms with Gasteiger partial charge in [-0.25, -0.2) is 8.78 Å². The van der Waals surface area contributed by atoms with E-state index in [1.54, 1.807) is 24.3 Å². The number of aliphatic hydroxyl groups is 1. The van der Waals surface area contributed by atoms with Gasteiger partial charge in [0.2, 0.25) is 0 Å². The number of hydrogen-bond acceptors (Lipinski definition) is 3. The highest BCUT2D eigenvalue weighted by molar-refractivity contribution is 5.84. The predicted molar refractivity (Wildman–Crippen MR) is 104 cm³/mol. The molecular formula is C23H14F2O3. The zero-order valence-corrected chi connectivity index (χ0v) is 14.5. The van der Waals surface area contributed by atoms with Gasteiger partial charge in [-0.2, -0.15) is 0 Å². The molecule has 0 saturated heterocycles. The summed E-state index contributed by atoms with van der Waals surface area (Å²) >= 11 is 0. The maximum absolute atomic E-state index is 13.2. The quantitative estimate of drug-likeness (QED) is 0.464. The second-order valence-corrected chi connectivity index (χ2v) is 6.27. The molecule has 1 N–H and O–H groups in total. The molecule has 0 radical (unpaired) electrons. The Hall–Kier alpha value is -3.73. The maximum atomic E-state index is 13.2. The van der Waals surface area contributed by atoms with Crippen LogP contribution >= 0.6 is 0 Å². The van der Waals surface area contributed by atoms with Crippen molar-refractivity contribution in [2.45, 2.75) is 0 Å². The summed E-state index contributed by atoms with van der Waals surface area (Å²) in [5.41, 5.74) is 2.07. The smallest absolute Gasteiger partial charge is 0.182 e. The van der Waals surface area contributed by atoms with Crippen molar-refractivity contribution in [3.63, 3.8) is 0 Å². The fourth-order valence-corrected chi connectivity index (χ4v) is 2.92. The van der Waals surface area contributed by atoms with E-state index in [-0.39, 0.29) is 17.0 Å². The fraction of sp³-hybridized carbons (Fsp3) is 0. The minimum atomic E-state index is -0.401. The summed E-state index contributed by atoms with van der Waals surface area (Å²) in [6.07, 6.45) is 1.52. The monoisotopic (exact) mass is 376 g/mol. The average molecular weight is 376 g/mol. The molecule has 3 nitrogen and oxygen atoms in total. The number of rotatable bonds is 3. The SMILES string of the molecule is O=c1ccc2c(C=C(O)c3ccc(F)cc3)cc(-c3ccc(F)cc3)oc-2c1. The van der Waals surface area contributed by atoms with Gasteiger partial charge in [0.1, 0.15) is 28.9 Å². The summed E-state index contributed by atoms with van der Waals surface area (Å²) in [5, 5.41) is 10.5. The first-order chi connectivity index (χ1) is 13.5. The zero-order chi connectivity index (χ0) is 19.7. The largest absolute Gasteiger partial charge is 0.507 e. The van der Waals surface area contributed by atoms with E-state index in [4.69, 9.17) is 4.42 Å². The van der Waals surface area contributed by atoms with Gasteiger partial charge in [0.15, 0.2) is 5.43 Å². The third-order valence-electron chi connectivity index (χ3n) is 4.33. The van der Waals surface area contributed by atoms with Crippen molar-refractivity contribution >= 4 is 11.8 Å². The Labute approximate surface area is 159 Å². The van der Waals surface area contributed by atoms with E-state index in [1.807, 2.05) is 0 Å². The minimum Gasteiger partial charge on any atom is -0.507 e. The van der Waals surface area contributed by atoms with Crippen LogP contribution in [-0.2, 0) is 0 Å². The van der Waals surface area contributed by atoms with Crippen LogP contribution in [0.15, 0.2) is 82.0 Å². The lowest BCUT2D eigenvalue weighted by atomic mass is 10.00. The number of fused-ring (bicyclic) bond motifs is 1. The van der Waals surface area contributed by atoms with Crippen LogP contribution in [0.3, 0.4) is 0 Å². The van der Waals surface area contributed by atoms with Gasteiger partial charge < -0.3 is 9.52 Å². The van der Waals surface area contributed by atoms with Crippen LogP contribution in [0.4, 0.5) is 8.78 Å². The van der Waals surface area contributed by atoms with Crippen molar-refractivity contribution in [2.24, 2.45) is 0 Å². The third-order valence-corrected chi connectivity index (χ3v) is 4.33. The van der Waals surface area contributed by atoms with Gasteiger partial charge in [-0.05, 0) is 78.4 Å². The Kier molecular flexibility index (Phi) is 4.49. The van der Waals surface area contributed by atoms with Gasteiger partial charge in [-0.1, -0.05) is 0 Å². The van der Waals surface area contributed by atoms with Crippen molar-refractivity contribution in [3.8, 4) is 22.6 Å². The molecule has 2 aromatic carbocycles. The molecule has 28 heavy (non-hydrogen) atoms. The predicted octanol–water partition coefficient (Wildman–Crippen LogP) is 5.75. The highest BCUT2D eigenvalue weighted by atomic mass is 19.1. The van der Waals surface area contributed by atoms with Gasteiger partial charge in [-0.3, -0.25) is 4.79 Å². The van der Waals surface area contributed by atoms with Gasteiger partial charge in [0, 0.05) is 22.8 Å². The van der Waals surface area contributed by atoms with Crippen LogP contribution in [0.1, 0.15) is 11.1 Å². The summed E-state index contributed by atoms with van der Waals surface area (Å²) in [6, 6.07) is 17.3. The molecule has 2 aromatic rings. The molecule has 4 rings (SSSR count). The summed E-state index contributed by atoms with van der Waals surface area (Å²) in [4.78, 5) is 11.8. The van der Waals surface area contributed by atoms with E-state index in [9.17, 15) is 18.7 Å². The summed E-state index contributed by atoms with van der Waals surface area (Å²) in [7, 11) is 0. The van der Waals surface area contributed by atoms with E-state index in [1.165, 1.54) is 54.6 Å². The topological polar surface area (TPSA) is 50.4 Å². The second-order valence-electron chi connectivity index (χ2n) is 6.27. The Morgan fingerprint density at radius 2 is 1.46 bits per heavy atom. The molecule has 0 amide bonds. The number of aliphatic hydroxyl groups excluding tert-OH is 1. The highest BCUT2D eigenvalue weighted by Crippen LogP contribution is 2.33. The number of benzene rings is 3. The summed E-state index contributed by atoms with van der Waals surface area (Å²) in [5.74, 6) is -0.0879. The molecule has 0 spiro atoms. The molecule has 2 aliphatic rings. The molecule has 1 aliphatic heterocycles. The second kappa shape index (κ2) is 7.12. The Morgan fingerprint density at radius 1 is 0.821 bits per heavy atom. The third kappa shape index (κ3) is 3.55. The summed E-state index contributed by atoms with van der Waals surface area (Å²) < 4.78 is 32.2. The number of hydrogen-bond donors (Lipinski definition) is 1. The molecule has 0 unspecified atom stereocenters. The minimum absolute atomic E-state index is 0.0660. The zero-order valence-electron chi connectivity index (χ0n) is 14.5. The molecule has 138 valence electrons. The Morgan fingerprint density at radius 3 is 2.14 bits per heavy atom.